The number of nitrogens with two attached hydrogens (primary N) is 1. The molecular weight excluding hydrogens is 256 g/mol. The zero-order valence-corrected chi connectivity index (χ0v) is 14.1. The molecule has 0 aliphatic heterocycles. The van der Waals surface area contributed by atoms with Crippen LogP contribution in [0.1, 0.15) is 67.2 Å². The highest BCUT2D eigenvalue weighted by atomic mass is 16.3. The fourth-order valence-corrected chi connectivity index (χ4v) is 0.731. The van der Waals surface area contributed by atoms with Crippen LogP contribution in [0.15, 0.2) is 10.2 Å². The predicted octanol–water partition coefficient (Wildman–Crippen LogP) is 2.81. The van der Waals surface area contributed by atoms with Gasteiger partial charge >= 0.3 is 0 Å². The van der Waals surface area contributed by atoms with Crippen LogP contribution in [0.5, 0.6) is 0 Å². The number of rotatable bonds is 7. The second-order valence-electron chi connectivity index (χ2n) is 5.03. The Bertz CT molecular complexity index is 218. The molecule has 0 radical (unpaired) electrons. The van der Waals surface area contributed by atoms with E-state index in [4.69, 9.17) is 10.9 Å². The van der Waals surface area contributed by atoms with Crippen LogP contribution in [0, 0.1) is 0 Å². The van der Waals surface area contributed by atoms with Crippen molar-refractivity contribution >= 4 is 5.78 Å². The van der Waals surface area contributed by atoms with Crippen LogP contribution in [0.25, 0.3) is 0 Å². The lowest BCUT2D eigenvalue weighted by atomic mass is 10.3. The molecule has 0 amide bonds. The highest BCUT2D eigenvalue weighted by molar-refractivity contribution is 5.72. The minimum absolute atomic E-state index is 0.167. The Balaban J connectivity index is -0.000000246. The number of aliphatic hydroxyl groups is 1. The predicted molar refractivity (Wildman–Crippen MR) is 84.4 cm³/mol. The van der Waals surface area contributed by atoms with Gasteiger partial charge < -0.3 is 9.90 Å². The molecule has 0 unspecified atom stereocenters. The number of carbonyl (C=O) groups is 1. The van der Waals surface area contributed by atoms with E-state index < -0.39 is 5.72 Å². The molecule has 0 aliphatic carbocycles. The van der Waals surface area contributed by atoms with Crippen molar-refractivity contribution in [3.8, 4) is 0 Å². The fraction of sp³-hybridized carbons (Fsp3) is 0.929. The SMILES string of the molecule is CC(C)=O.CCCC/N=N/C(C)(C)O.CCCCNN. The summed E-state index contributed by atoms with van der Waals surface area (Å²) < 4.78 is 0. The standard InChI is InChI=1S/C7H16N2O.C4H12N2.C3H6O/c1-4-5-6-8-9-7(2,3)10;1-2-3-4-6-5;1-3(2)4/h10H,4-6H2,1-3H3;6H,2-5H2,1H3;1-2H3/b9-8+;;. The third-order valence-corrected chi connectivity index (χ3v) is 1.60. The summed E-state index contributed by atoms with van der Waals surface area (Å²) >= 11 is 0. The number of unbranched alkanes of at least 4 members (excludes halogenated alkanes) is 2. The molecule has 0 aliphatic rings. The molecular formula is C14H34N4O2. The van der Waals surface area contributed by atoms with E-state index in [2.05, 4.69) is 29.5 Å². The van der Waals surface area contributed by atoms with Crippen LogP contribution in [0.2, 0.25) is 0 Å². The lowest BCUT2D eigenvalue weighted by Gasteiger charge is -2.07. The number of azo groups is 1. The van der Waals surface area contributed by atoms with E-state index in [1.807, 2.05) is 0 Å². The Kier molecular flexibility index (Phi) is 21.9. The summed E-state index contributed by atoms with van der Waals surface area (Å²) in [7, 11) is 0. The first-order valence-corrected chi connectivity index (χ1v) is 7.22. The van der Waals surface area contributed by atoms with Gasteiger partial charge in [0.15, 0.2) is 5.72 Å². The van der Waals surface area contributed by atoms with Crippen molar-refractivity contribution in [3.63, 3.8) is 0 Å². The third-order valence-electron chi connectivity index (χ3n) is 1.60. The van der Waals surface area contributed by atoms with Gasteiger partial charge in [0, 0.05) is 6.54 Å². The third kappa shape index (κ3) is 53.4. The first kappa shape index (κ1) is 24.2. The fourth-order valence-electron chi connectivity index (χ4n) is 0.731. The van der Waals surface area contributed by atoms with Crippen LogP contribution in [-0.2, 0) is 4.79 Å². The molecule has 0 atom stereocenters. The summed E-state index contributed by atoms with van der Waals surface area (Å²) in [6.45, 7) is 12.2. The van der Waals surface area contributed by atoms with E-state index in [-0.39, 0.29) is 5.78 Å². The molecule has 0 saturated carbocycles. The van der Waals surface area contributed by atoms with Crippen molar-refractivity contribution in [1.82, 2.24) is 5.43 Å². The normalized spacial score (nSPS) is 10.4. The van der Waals surface area contributed by atoms with Gasteiger partial charge in [0.1, 0.15) is 5.78 Å². The van der Waals surface area contributed by atoms with Gasteiger partial charge in [0.25, 0.3) is 0 Å². The Morgan fingerprint density at radius 1 is 1.20 bits per heavy atom. The van der Waals surface area contributed by atoms with Crippen molar-refractivity contribution in [1.29, 1.82) is 0 Å². The minimum atomic E-state index is -0.992. The number of carbonyl (C=O) groups excluding carboxylic acids is 1. The molecule has 0 saturated heterocycles. The molecule has 0 spiro atoms. The number of nitrogens with zero attached hydrogens (tertiary/aromatic N) is 2. The summed E-state index contributed by atoms with van der Waals surface area (Å²) in [5, 5.41) is 16.5. The maximum atomic E-state index is 9.44. The van der Waals surface area contributed by atoms with Crippen molar-refractivity contribution in [2.24, 2.45) is 16.1 Å². The number of nitrogens with one attached hydrogen (secondary N) is 1. The van der Waals surface area contributed by atoms with Gasteiger partial charge in [-0.05, 0) is 40.5 Å². The first-order valence-electron chi connectivity index (χ1n) is 7.22. The number of ketones is 1. The lowest BCUT2D eigenvalue weighted by molar-refractivity contribution is -0.114. The number of Topliss-reactive ketones (excluding diaryl/α,β-unsaturated/α-hetero) is 1. The monoisotopic (exact) mass is 290 g/mol. The van der Waals surface area contributed by atoms with Gasteiger partial charge in [0.05, 0.1) is 6.54 Å². The second-order valence-corrected chi connectivity index (χ2v) is 5.03. The summed E-state index contributed by atoms with van der Waals surface area (Å²) in [6.07, 6.45) is 4.55. The van der Waals surface area contributed by atoms with E-state index in [1.54, 1.807) is 13.8 Å². The molecule has 6 nitrogen and oxygen atoms in total. The van der Waals surface area contributed by atoms with Gasteiger partial charge in [-0.1, -0.05) is 26.7 Å². The molecule has 6 heteroatoms. The molecule has 4 N–H and O–H groups in total. The minimum Gasteiger partial charge on any atom is -0.368 e. The number of hydrogen-bond acceptors (Lipinski definition) is 6. The summed E-state index contributed by atoms with van der Waals surface area (Å²) in [6, 6.07) is 0. The second kappa shape index (κ2) is 18.1. The van der Waals surface area contributed by atoms with Crippen molar-refractivity contribution in [2.75, 3.05) is 13.1 Å². The van der Waals surface area contributed by atoms with Crippen LogP contribution in [0.3, 0.4) is 0 Å². The molecule has 0 aromatic rings. The van der Waals surface area contributed by atoms with Gasteiger partial charge in [-0.15, -0.1) is 0 Å². The average molecular weight is 290 g/mol. The Hall–Kier alpha value is -0.850. The topological polar surface area (TPSA) is 100 Å². The van der Waals surface area contributed by atoms with E-state index in [0.29, 0.717) is 0 Å². The summed E-state index contributed by atoms with van der Waals surface area (Å²) in [5.41, 5.74) is 1.58. The molecule has 122 valence electrons. The smallest absolute Gasteiger partial charge is 0.170 e. The van der Waals surface area contributed by atoms with Gasteiger partial charge in [-0.3, -0.25) is 11.3 Å². The van der Waals surface area contributed by atoms with Gasteiger partial charge in [-0.2, -0.15) is 10.2 Å². The van der Waals surface area contributed by atoms with Crippen LogP contribution in [0.4, 0.5) is 0 Å². The van der Waals surface area contributed by atoms with Crippen molar-refractivity contribution < 1.29 is 9.90 Å². The molecule has 0 aromatic heterocycles. The van der Waals surface area contributed by atoms with E-state index in [9.17, 15) is 4.79 Å². The van der Waals surface area contributed by atoms with E-state index in [1.165, 1.54) is 26.7 Å². The van der Waals surface area contributed by atoms with Crippen LogP contribution in [-0.4, -0.2) is 29.7 Å². The van der Waals surface area contributed by atoms with E-state index >= 15 is 0 Å². The largest absolute Gasteiger partial charge is 0.368 e. The zero-order chi connectivity index (χ0) is 16.4. The lowest BCUT2D eigenvalue weighted by Crippen LogP contribution is -2.22. The number of hydrazine groups is 1. The van der Waals surface area contributed by atoms with Crippen LogP contribution >= 0.6 is 0 Å². The molecule has 0 aromatic carbocycles. The highest BCUT2D eigenvalue weighted by Crippen LogP contribution is 2.03. The van der Waals surface area contributed by atoms with Crippen LogP contribution < -0.4 is 11.3 Å². The first-order chi connectivity index (χ1) is 9.21. The molecule has 0 rings (SSSR count). The summed E-state index contributed by atoms with van der Waals surface area (Å²) in [5.74, 6) is 5.13. The zero-order valence-electron chi connectivity index (χ0n) is 14.1. The molecule has 0 bridgehead atoms. The Labute approximate surface area is 124 Å². The molecule has 20 heavy (non-hydrogen) atoms. The maximum Gasteiger partial charge on any atom is 0.170 e. The van der Waals surface area contributed by atoms with Crippen molar-refractivity contribution in [2.45, 2.75) is 73.0 Å². The van der Waals surface area contributed by atoms with Gasteiger partial charge in [-0.25, -0.2) is 0 Å². The maximum absolute atomic E-state index is 9.44. The highest BCUT2D eigenvalue weighted by Gasteiger charge is 2.07. The van der Waals surface area contributed by atoms with E-state index in [0.717, 1.165) is 25.9 Å². The molecule has 0 fully saturated rings. The Morgan fingerprint density at radius 2 is 1.65 bits per heavy atom. The Morgan fingerprint density at radius 3 is 1.90 bits per heavy atom. The quantitative estimate of drug-likeness (QED) is 0.290. The molecule has 0 heterocycles. The van der Waals surface area contributed by atoms with Crippen molar-refractivity contribution in [3.05, 3.63) is 0 Å². The van der Waals surface area contributed by atoms with Gasteiger partial charge in [0.2, 0.25) is 0 Å². The number of hydrogen-bond donors (Lipinski definition) is 3. The average Bonchev–Trinajstić information content (AvgIpc) is 2.31. The summed E-state index contributed by atoms with van der Waals surface area (Å²) in [4.78, 5) is 9.44.